The molecule has 2 aromatic carbocycles. The third-order valence-electron chi connectivity index (χ3n) is 4.85. The van der Waals surface area contributed by atoms with Gasteiger partial charge in [0.25, 0.3) is 11.6 Å². The molecule has 33 heavy (non-hydrogen) atoms. The van der Waals surface area contributed by atoms with E-state index in [2.05, 4.69) is 10.5 Å². The van der Waals surface area contributed by atoms with Crippen molar-refractivity contribution >= 4 is 29.7 Å². The van der Waals surface area contributed by atoms with E-state index in [9.17, 15) is 34.7 Å². The molecule has 0 fully saturated rings. The van der Waals surface area contributed by atoms with E-state index in [-0.39, 0.29) is 22.4 Å². The lowest BCUT2D eigenvalue weighted by Gasteiger charge is -2.12. The van der Waals surface area contributed by atoms with E-state index >= 15 is 0 Å². The molecule has 0 atom stereocenters. The number of amides is 1. The number of carbonyl (C=O) groups is 3. The maximum absolute atomic E-state index is 12.2. The van der Waals surface area contributed by atoms with Crippen molar-refractivity contribution in [3.63, 3.8) is 0 Å². The summed E-state index contributed by atoms with van der Waals surface area (Å²) >= 11 is 0. The number of carbonyl (C=O) groups excluding carboxylic acids is 1. The van der Waals surface area contributed by atoms with Gasteiger partial charge in [0.15, 0.2) is 0 Å². The zero-order chi connectivity index (χ0) is 24.3. The lowest BCUT2D eigenvalue weighted by atomic mass is 10.1. The number of nitro groups is 1. The summed E-state index contributed by atoms with van der Waals surface area (Å²) in [6.07, 6.45) is 1.39. The molecule has 3 aromatic rings. The number of aryl methyl sites for hydroxylation is 1. The Morgan fingerprint density at radius 2 is 1.55 bits per heavy atom. The first-order valence-electron chi connectivity index (χ1n) is 9.47. The van der Waals surface area contributed by atoms with E-state index < -0.39 is 22.8 Å². The van der Waals surface area contributed by atoms with Crippen LogP contribution in [0.3, 0.4) is 0 Å². The molecule has 0 aliphatic rings. The molecule has 11 heteroatoms. The van der Waals surface area contributed by atoms with Gasteiger partial charge >= 0.3 is 11.9 Å². The van der Waals surface area contributed by atoms with Crippen molar-refractivity contribution in [2.75, 3.05) is 0 Å². The van der Waals surface area contributed by atoms with Gasteiger partial charge in [-0.1, -0.05) is 0 Å². The van der Waals surface area contributed by atoms with E-state index in [1.807, 2.05) is 0 Å². The number of hydrazone groups is 1. The molecule has 0 saturated heterocycles. The molecule has 0 saturated carbocycles. The van der Waals surface area contributed by atoms with Crippen molar-refractivity contribution in [2.24, 2.45) is 5.10 Å². The highest BCUT2D eigenvalue weighted by molar-refractivity contribution is 5.96. The molecule has 168 valence electrons. The minimum absolute atomic E-state index is 0.138. The minimum atomic E-state index is -1.25. The van der Waals surface area contributed by atoms with E-state index in [1.165, 1.54) is 42.6 Å². The normalized spacial score (nSPS) is 10.8. The maximum atomic E-state index is 12.2. The van der Waals surface area contributed by atoms with Crippen LogP contribution in [0.5, 0.6) is 0 Å². The van der Waals surface area contributed by atoms with Crippen LogP contribution in [0.15, 0.2) is 53.6 Å². The zero-order valence-electron chi connectivity index (χ0n) is 17.5. The number of benzene rings is 2. The highest BCUT2D eigenvalue weighted by Gasteiger charge is 2.16. The van der Waals surface area contributed by atoms with Gasteiger partial charge in [-0.3, -0.25) is 14.9 Å². The average molecular weight is 450 g/mol. The molecule has 1 amide bonds. The predicted octanol–water partition coefficient (Wildman–Crippen LogP) is 3.16. The van der Waals surface area contributed by atoms with Crippen LogP contribution in [0.1, 0.15) is 48.0 Å². The van der Waals surface area contributed by atoms with Gasteiger partial charge in [0.05, 0.1) is 22.3 Å². The van der Waals surface area contributed by atoms with Gasteiger partial charge < -0.3 is 14.8 Å². The average Bonchev–Trinajstić information content (AvgIpc) is 3.06. The lowest BCUT2D eigenvalue weighted by Crippen LogP contribution is -2.17. The van der Waals surface area contributed by atoms with Crippen molar-refractivity contribution in [1.29, 1.82) is 0 Å². The Kier molecular flexibility index (Phi) is 6.34. The number of aromatic nitrogens is 1. The van der Waals surface area contributed by atoms with Crippen LogP contribution in [-0.4, -0.2) is 43.8 Å². The van der Waals surface area contributed by atoms with Crippen molar-refractivity contribution in [3.05, 3.63) is 92.3 Å². The second kappa shape index (κ2) is 9.14. The van der Waals surface area contributed by atoms with Gasteiger partial charge in [0, 0.05) is 40.3 Å². The van der Waals surface area contributed by atoms with Crippen LogP contribution in [0.4, 0.5) is 5.69 Å². The number of hydrogen-bond acceptors (Lipinski definition) is 6. The van der Waals surface area contributed by atoms with Crippen molar-refractivity contribution in [2.45, 2.75) is 13.8 Å². The molecule has 1 heterocycles. The summed E-state index contributed by atoms with van der Waals surface area (Å²) in [5.41, 5.74) is 4.35. The topological polar surface area (TPSA) is 164 Å². The van der Waals surface area contributed by atoms with Gasteiger partial charge in [-0.05, 0) is 50.2 Å². The van der Waals surface area contributed by atoms with Crippen molar-refractivity contribution in [3.8, 4) is 5.69 Å². The summed E-state index contributed by atoms with van der Waals surface area (Å²) in [6, 6.07) is 10.6. The zero-order valence-corrected chi connectivity index (χ0v) is 17.5. The predicted molar refractivity (Wildman–Crippen MR) is 117 cm³/mol. The molecule has 1 aromatic heterocycles. The van der Waals surface area contributed by atoms with Gasteiger partial charge in [-0.15, -0.1) is 0 Å². The van der Waals surface area contributed by atoms with Crippen LogP contribution < -0.4 is 5.43 Å². The van der Waals surface area contributed by atoms with Gasteiger partial charge in [0.1, 0.15) is 0 Å². The quantitative estimate of drug-likeness (QED) is 0.283. The molecule has 0 unspecified atom stereocenters. The van der Waals surface area contributed by atoms with Gasteiger partial charge in [-0.2, -0.15) is 5.10 Å². The Bertz CT molecular complexity index is 1270. The van der Waals surface area contributed by atoms with Crippen LogP contribution in [0.2, 0.25) is 0 Å². The van der Waals surface area contributed by atoms with E-state index in [0.29, 0.717) is 22.6 Å². The Labute approximate surface area is 186 Å². The number of non-ortho nitro benzene ring substituents is 1. The van der Waals surface area contributed by atoms with Gasteiger partial charge in [0.2, 0.25) is 0 Å². The summed E-state index contributed by atoms with van der Waals surface area (Å²) in [6.45, 7) is 3.49. The van der Waals surface area contributed by atoms with Crippen LogP contribution >= 0.6 is 0 Å². The second-order valence-corrected chi connectivity index (χ2v) is 7.04. The molecule has 0 spiro atoms. The molecule has 3 rings (SSSR count). The summed E-state index contributed by atoms with van der Waals surface area (Å²) in [7, 11) is 0. The molecule has 3 N–H and O–H groups in total. The number of nitro benzene ring substituents is 1. The number of carboxylic acids is 2. The summed E-state index contributed by atoms with van der Waals surface area (Å²) < 4.78 is 1.68. The van der Waals surface area contributed by atoms with Crippen LogP contribution in [0, 0.1) is 24.0 Å². The standard InChI is InChI=1S/C22H18N4O7/c1-12-7-17(11-23-24-20(27)14-3-5-18(6-4-14)26(32)33)13(2)25(12)19-9-15(21(28)29)8-16(10-19)22(30)31/h3-11H,1-2H3,(H,24,27)(H,28,29)(H,30,31)/b23-11-. The first-order valence-corrected chi connectivity index (χ1v) is 9.47. The summed E-state index contributed by atoms with van der Waals surface area (Å²) in [5.74, 6) is -3.06. The third kappa shape index (κ3) is 4.93. The molecule has 0 bridgehead atoms. The highest BCUT2D eigenvalue weighted by Crippen LogP contribution is 2.22. The molecule has 0 aliphatic heterocycles. The number of nitrogens with one attached hydrogen (secondary N) is 1. The largest absolute Gasteiger partial charge is 0.478 e. The molecular weight excluding hydrogens is 432 g/mol. The first kappa shape index (κ1) is 22.9. The third-order valence-corrected chi connectivity index (χ3v) is 4.85. The number of aromatic carboxylic acids is 2. The van der Waals surface area contributed by atoms with Gasteiger partial charge in [-0.25, -0.2) is 15.0 Å². The fraction of sp³-hybridized carbons (Fsp3) is 0.0909. The number of carboxylic acid groups (broad SMARTS) is 2. The van der Waals surface area contributed by atoms with Crippen LogP contribution in [0.25, 0.3) is 5.69 Å². The lowest BCUT2D eigenvalue weighted by molar-refractivity contribution is -0.384. The minimum Gasteiger partial charge on any atom is -0.478 e. The Hall–Kier alpha value is -4.80. The van der Waals surface area contributed by atoms with Crippen molar-refractivity contribution < 1.29 is 29.5 Å². The fourth-order valence-electron chi connectivity index (χ4n) is 3.26. The number of nitrogens with zero attached hydrogens (tertiary/aromatic N) is 3. The summed E-state index contributed by atoms with van der Waals surface area (Å²) in [4.78, 5) is 45.1. The Morgan fingerprint density at radius 1 is 0.970 bits per heavy atom. The summed E-state index contributed by atoms with van der Waals surface area (Å²) in [5, 5.41) is 33.2. The van der Waals surface area contributed by atoms with E-state index in [1.54, 1.807) is 24.5 Å². The Morgan fingerprint density at radius 3 is 2.06 bits per heavy atom. The Balaban J connectivity index is 1.86. The second-order valence-electron chi connectivity index (χ2n) is 7.04. The van der Waals surface area contributed by atoms with Crippen molar-refractivity contribution in [1.82, 2.24) is 9.99 Å². The van der Waals surface area contributed by atoms with E-state index in [4.69, 9.17) is 0 Å². The SMILES string of the molecule is Cc1cc(/C=N\NC(=O)c2ccc([N+](=O)[O-])cc2)c(C)n1-c1cc(C(=O)O)cc(C(=O)O)c1. The number of hydrogen-bond donors (Lipinski definition) is 3. The van der Waals surface area contributed by atoms with E-state index in [0.717, 1.165) is 6.07 Å². The maximum Gasteiger partial charge on any atom is 0.335 e. The fourth-order valence-corrected chi connectivity index (χ4v) is 3.26. The highest BCUT2D eigenvalue weighted by atomic mass is 16.6. The molecule has 11 nitrogen and oxygen atoms in total. The van der Waals surface area contributed by atoms with Crippen LogP contribution in [-0.2, 0) is 0 Å². The smallest absolute Gasteiger partial charge is 0.335 e. The molecule has 0 radical (unpaired) electrons. The number of rotatable bonds is 7. The monoisotopic (exact) mass is 450 g/mol. The molecular formula is C22H18N4O7. The first-order chi connectivity index (χ1) is 15.6. The molecule has 0 aliphatic carbocycles.